The summed E-state index contributed by atoms with van der Waals surface area (Å²) in [5.74, 6) is -2.24. The van der Waals surface area contributed by atoms with Crippen LogP contribution in [-0.2, 0) is 16.1 Å². The second-order valence-corrected chi connectivity index (χ2v) is 5.40. The Morgan fingerprint density at radius 3 is 2.50 bits per heavy atom. The van der Waals surface area contributed by atoms with Gasteiger partial charge in [0.2, 0.25) is 5.91 Å². The molecule has 8 heteroatoms. The van der Waals surface area contributed by atoms with Gasteiger partial charge in [0.15, 0.2) is 0 Å². The Bertz CT molecular complexity index is 576. The van der Waals surface area contributed by atoms with Crippen LogP contribution < -0.4 is 11.1 Å². The Morgan fingerprint density at radius 1 is 1.29 bits per heavy atom. The molecule has 0 aromatic heterocycles. The summed E-state index contributed by atoms with van der Waals surface area (Å²) in [6, 6.07) is 5.69. The van der Waals surface area contributed by atoms with Gasteiger partial charge in [0.05, 0.1) is 6.04 Å². The van der Waals surface area contributed by atoms with Crippen LogP contribution in [0.3, 0.4) is 0 Å². The van der Waals surface area contributed by atoms with E-state index in [-0.39, 0.29) is 19.0 Å². The molecule has 0 radical (unpaired) electrons. The number of halogens is 3. The third-order valence-corrected chi connectivity index (χ3v) is 3.42. The number of carbonyl (C=O) groups is 2. The molecule has 3 N–H and O–H groups in total. The summed E-state index contributed by atoms with van der Waals surface area (Å²) in [5, 5.41) is 2.63. The SMILES string of the molecule is CCCC(N)C(=O)Nc1cccc(CN(CC)C(=O)C(F)(F)F)c1. The highest BCUT2D eigenvalue weighted by atomic mass is 19.4. The molecule has 0 saturated carbocycles. The number of alkyl halides is 3. The Labute approximate surface area is 139 Å². The van der Waals surface area contributed by atoms with E-state index in [9.17, 15) is 22.8 Å². The first kappa shape index (κ1) is 20.0. The average molecular weight is 345 g/mol. The highest BCUT2D eigenvalue weighted by molar-refractivity contribution is 5.94. The molecule has 0 bridgehead atoms. The van der Waals surface area contributed by atoms with Gasteiger partial charge in [-0.3, -0.25) is 9.59 Å². The molecule has 0 aliphatic heterocycles. The Balaban J connectivity index is 2.81. The van der Waals surface area contributed by atoms with Crippen molar-refractivity contribution in [3.8, 4) is 0 Å². The fraction of sp³-hybridized carbons (Fsp3) is 0.500. The van der Waals surface area contributed by atoms with Crippen LogP contribution in [0.4, 0.5) is 18.9 Å². The van der Waals surface area contributed by atoms with Gasteiger partial charge in [-0.25, -0.2) is 0 Å². The zero-order valence-electron chi connectivity index (χ0n) is 13.7. The largest absolute Gasteiger partial charge is 0.471 e. The topological polar surface area (TPSA) is 75.4 Å². The summed E-state index contributed by atoms with van der Waals surface area (Å²) in [6.45, 7) is 3.11. The lowest BCUT2D eigenvalue weighted by molar-refractivity contribution is -0.185. The van der Waals surface area contributed by atoms with Crippen LogP contribution in [0.15, 0.2) is 24.3 Å². The van der Waals surface area contributed by atoms with Crippen LogP contribution in [0.2, 0.25) is 0 Å². The van der Waals surface area contributed by atoms with Gasteiger partial charge in [0.25, 0.3) is 0 Å². The molecular formula is C16H22F3N3O2. The third-order valence-electron chi connectivity index (χ3n) is 3.42. The molecule has 2 amide bonds. The summed E-state index contributed by atoms with van der Waals surface area (Å²) in [6.07, 6.45) is -3.61. The van der Waals surface area contributed by atoms with Crippen molar-refractivity contribution in [3.05, 3.63) is 29.8 Å². The minimum absolute atomic E-state index is 0.0731. The molecule has 0 heterocycles. The minimum Gasteiger partial charge on any atom is -0.331 e. The number of hydrogen-bond donors (Lipinski definition) is 2. The van der Waals surface area contributed by atoms with Crippen molar-refractivity contribution in [1.29, 1.82) is 0 Å². The first-order valence-corrected chi connectivity index (χ1v) is 7.70. The van der Waals surface area contributed by atoms with E-state index in [2.05, 4.69) is 5.32 Å². The molecule has 1 rings (SSSR count). The normalized spacial score (nSPS) is 12.6. The van der Waals surface area contributed by atoms with Crippen LogP contribution in [-0.4, -0.2) is 35.5 Å². The van der Waals surface area contributed by atoms with E-state index in [1.807, 2.05) is 6.92 Å². The van der Waals surface area contributed by atoms with E-state index in [0.29, 0.717) is 22.6 Å². The number of hydrogen-bond acceptors (Lipinski definition) is 3. The number of rotatable bonds is 7. The van der Waals surface area contributed by atoms with Crippen molar-refractivity contribution in [2.75, 3.05) is 11.9 Å². The number of amides is 2. The van der Waals surface area contributed by atoms with Crippen molar-refractivity contribution in [2.24, 2.45) is 5.73 Å². The monoisotopic (exact) mass is 345 g/mol. The highest BCUT2D eigenvalue weighted by Gasteiger charge is 2.41. The minimum atomic E-state index is -4.91. The third kappa shape index (κ3) is 5.84. The predicted molar refractivity (Wildman–Crippen MR) is 85.1 cm³/mol. The van der Waals surface area contributed by atoms with Gasteiger partial charge in [-0.15, -0.1) is 0 Å². The number of nitrogens with one attached hydrogen (secondary N) is 1. The Hall–Kier alpha value is -2.09. The highest BCUT2D eigenvalue weighted by Crippen LogP contribution is 2.21. The van der Waals surface area contributed by atoms with Gasteiger partial charge >= 0.3 is 12.1 Å². The van der Waals surface area contributed by atoms with Crippen molar-refractivity contribution in [3.63, 3.8) is 0 Å². The zero-order valence-corrected chi connectivity index (χ0v) is 13.7. The number of nitrogens with two attached hydrogens (primary N) is 1. The summed E-state index contributed by atoms with van der Waals surface area (Å²) in [7, 11) is 0. The maximum Gasteiger partial charge on any atom is 0.471 e. The average Bonchev–Trinajstić information content (AvgIpc) is 2.51. The summed E-state index contributed by atoms with van der Waals surface area (Å²) < 4.78 is 37.6. The first-order chi connectivity index (χ1) is 11.2. The number of carbonyl (C=O) groups excluding carboxylic acids is 2. The van der Waals surface area contributed by atoms with Crippen molar-refractivity contribution >= 4 is 17.5 Å². The maximum atomic E-state index is 12.5. The fourth-order valence-electron chi connectivity index (χ4n) is 2.15. The first-order valence-electron chi connectivity index (χ1n) is 7.70. The molecule has 1 aromatic carbocycles. The van der Waals surface area contributed by atoms with Crippen molar-refractivity contribution < 1.29 is 22.8 Å². The fourth-order valence-corrected chi connectivity index (χ4v) is 2.15. The summed E-state index contributed by atoms with van der Waals surface area (Å²) >= 11 is 0. The molecule has 1 aromatic rings. The van der Waals surface area contributed by atoms with Gasteiger partial charge in [-0.1, -0.05) is 25.5 Å². The second kappa shape index (κ2) is 8.68. The van der Waals surface area contributed by atoms with Gasteiger partial charge < -0.3 is 16.0 Å². The van der Waals surface area contributed by atoms with Crippen LogP contribution in [0, 0.1) is 0 Å². The molecule has 0 saturated heterocycles. The molecule has 24 heavy (non-hydrogen) atoms. The lowest BCUT2D eigenvalue weighted by Gasteiger charge is -2.22. The number of nitrogens with zero attached hydrogens (tertiary/aromatic N) is 1. The van der Waals surface area contributed by atoms with Gasteiger partial charge in [0.1, 0.15) is 0 Å². The number of benzene rings is 1. The number of anilines is 1. The zero-order chi connectivity index (χ0) is 18.3. The molecule has 1 unspecified atom stereocenters. The smallest absolute Gasteiger partial charge is 0.331 e. The molecule has 0 aliphatic rings. The molecule has 134 valence electrons. The van der Waals surface area contributed by atoms with Crippen LogP contribution in [0.5, 0.6) is 0 Å². The lowest BCUT2D eigenvalue weighted by Crippen LogP contribution is -2.40. The van der Waals surface area contributed by atoms with E-state index in [1.165, 1.54) is 13.0 Å². The summed E-state index contributed by atoms with van der Waals surface area (Å²) in [4.78, 5) is 23.9. The van der Waals surface area contributed by atoms with E-state index in [1.54, 1.807) is 18.2 Å². The molecular weight excluding hydrogens is 323 g/mol. The van der Waals surface area contributed by atoms with Crippen molar-refractivity contribution in [2.45, 2.75) is 45.5 Å². The van der Waals surface area contributed by atoms with Gasteiger partial charge in [-0.05, 0) is 31.0 Å². The Morgan fingerprint density at radius 2 is 1.96 bits per heavy atom. The van der Waals surface area contributed by atoms with E-state index >= 15 is 0 Å². The molecule has 0 spiro atoms. The van der Waals surface area contributed by atoms with E-state index in [4.69, 9.17) is 5.73 Å². The molecule has 5 nitrogen and oxygen atoms in total. The van der Waals surface area contributed by atoms with Crippen LogP contribution >= 0.6 is 0 Å². The molecule has 0 fully saturated rings. The van der Waals surface area contributed by atoms with Gasteiger partial charge in [-0.2, -0.15) is 13.2 Å². The van der Waals surface area contributed by atoms with E-state index in [0.717, 1.165) is 6.42 Å². The Kier molecular flexibility index (Phi) is 7.21. The summed E-state index contributed by atoms with van der Waals surface area (Å²) in [5.41, 5.74) is 6.63. The van der Waals surface area contributed by atoms with E-state index < -0.39 is 18.1 Å². The maximum absolute atomic E-state index is 12.5. The molecule has 1 atom stereocenters. The standard InChI is InChI=1S/C16H22F3N3O2/c1-3-6-13(20)14(23)21-12-8-5-7-11(9-12)10-22(4-2)15(24)16(17,18)19/h5,7-9,13H,3-4,6,10,20H2,1-2H3,(H,21,23). The van der Waals surface area contributed by atoms with Gasteiger partial charge in [0, 0.05) is 18.8 Å². The second-order valence-electron chi connectivity index (χ2n) is 5.40. The van der Waals surface area contributed by atoms with Crippen molar-refractivity contribution in [1.82, 2.24) is 4.90 Å². The predicted octanol–water partition coefficient (Wildman–Crippen LogP) is 2.66. The lowest BCUT2D eigenvalue weighted by atomic mass is 10.1. The van der Waals surface area contributed by atoms with Crippen LogP contribution in [0.1, 0.15) is 32.3 Å². The molecule has 0 aliphatic carbocycles. The van der Waals surface area contributed by atoms with Crippen LogP contribution in [0.25, 0.3) is 0 Å². The quantitative estimate of drug-likeness (QED) is 0.798.